The van der Waals surface area contributed by atoms with Gasteiger partial charge in [-0.15, -0.1) is 0 Å². The molecule has 1 atom stereocenters. The Hall–Kier alpha value is -2.62. The summed E-state index contributed by atoms with van der Waals surface area (Å²) >= 11 is 0. The van der Waals surface area contributed by atoms with Gasteiger partial charge in [-0.2, -0.15) is 0 Å². The van der Waals surface area contributed by atoms with E-state index in [1.807, 2.05) is 30.3 Å². The zero-order chi connectivity index (χ0) is 16.7. The first-order valence-corrected chi connectivity index (χ1v) is 7.48. The minimum Gasteiger partial charge on any atom is -0.489 e. The van der Waals surface area contributed by atoms with Crippen molar-refractivity contribution in [2.45, 2.75) is 20.0 Å². The molecule has 4 nitrogen and oxygen atoms in total. The lowest BCUT2D eigenvalue weighted by atomic mass is 9.96. The highest BCUT2D eigenvalue weighted by molar-refractivity contribution is 5.99. The molecule has 1 unspecified atom stereocenters. The van der Waals surface area contributed by atoms with Crippen LogP contribution in [0.3, 0.4) is 0 Å². The molecular formula is C19H20O4. The summed E-state index contributed by atoms with van der Waals surface area (Å²) < 4.78 is 10.3. The third-order valence-corrected chi connectivity index (χ3v) is 3.54. The van der Waals surface area contributed by atoms with Crippen molar-refractivity contribution in [2.75, 3.05) is 7.11 Å². The quantitative estimate of drug-likeness (QED) is 0.578. The van der Waals surface area contributed by atoms with Crippen molar-refractivity contribution in [3.63, 3.8) is 0 Å². The molecular weight excluding hydrogens is 292 g/mol. The first-order valence-electron chi connectivity index (χ1n) is 7.48. The second-order valence-electron chi connectivity index (χ2n) is 5.34. The molecule has 120 valence electrons. The predicted molar refractivity (Wildman–Crippen MR) is 87.3 cm³/mol. The maximum atomic E-state index is 12.2. The average Bonchev–Trinajstić information content (AvgIpc) is 2.60. The maximum absolute atomic E-state index is 12.2. The zero-order valence-corrected chi connectivity index (χ0v) is 13.3. The van der Waals surface area contributed by atoms with E-state index in [0.29, 0.717) is 17.9 Å². The van der Waals surface area contributed by atoms with Gasteiger partial charge in [-0.1, -0.05) is 37.3 Å². The van der Waals surface area contributed by atoms with Crippen molar-refractivity contribution >= 4 is 11.8 Å². The monoisotopic (exact) mass is 312 g/mol. The van der Waals surface area contributed by atoms with Crippen molar-refractivity contribution in [2.24, 2.45) is 5.92 Å². The molecule has 0 radical (unpaired) electrons. The van der Waals surface area contributed by atoms with E-state index >= 15 is 0 Å². The van der Waals surface area contributed by atoms with E-state index in [4.69, 9.17) is 4.74 Å². The Bertz CT molecular complexity index is 647. The Balaban J connectivity index is 1.93. The zero-order valence-electron chi connectivity index (χ0n) is 13.3. The average molecular weight is 312 g/mol. The highest BCUT2D eigenvalue weighted by Gasteiger charge is 2.18. The number of ether oxygens (including phenoxy) is 2. The van der Waals surface area contributed by atoms with Crippen molar-refractivity contribution < 1.29 is 19.1 Å². The van der Waals surface area contributed by atoms with E-state index < -0.39 is 5.92 Å². The maximum Gasteiger partial charge on any atom is 0.306 e. The van der Waals surface area contributed by atoms with Gasteiger partial charge in [0.05, 0.1) is 13.5 Å². The van der Waals surface area contributed by atoms with Crippen LogP contribution >= 0.6 is 0 Å². The molecule has 4 heteroatoms. The molecule has 0 bridgehead atoms. The second-order valence-corrected chi connectivity index (χ2v) is 5.34. The highest BCUT2D eigenvalue weighted by atomic mass is 16.5. The van der Waals surface area contributed by atoms with Crippen LogP contribution in [0, 0.1) is 5.92 Å². The highest BCUT2D eigenvalue weighted by Crippen LogP contribution is 2.18. The van der Waals surface area contributed by atoms with Crippen molar-refractivity contribution in [3.05, 3.63) is 65.7 Å². The van der Waals surface area contributed by atoms with Gasteiger partial charge in [0.15, 0.2) is 5.78 Å². The molecule has 0 heterocycles. The molecule has 0 saturated heterocycles. The van der Waals surface area contributed by atoms with Crippen LogP contribution in [0.2, 0.25) is 0 Å². The van der Waals surface area contributed by atoms with Gasteiger partial charge < -0.3 is 9.47 Å². The summed E-state index contributed by atoms with van der Waals surface area (Å²) in [5, 5.41) is 0. The molecule has 0 N–H and O–H groups in total. The molecule has 0 aromatic heterocycles. The number of Topliss-reactive ketones (excluding diaryl/α,β-unsaturated/α-hetero) is 1. The Labute approximate surface area is 136 Å². The molecule has 2 rings (SSSR count). The van der Waals surface area contributed by atoms with Gasteiger partial charge in [-0.25, -0.2) is 0 Å². The topological polar surface area (TPSA) is 52.6 Å². The van der Waals surface area contributed by atoms with Crippen LogP contribution in [0.15, 0.2) is 54.6 Å². The number of rotatable bonds is 7. The fourth-order valence-corrected chi connectivity index (χ4v) is 2.17. The summed E-state index contributed by atoms with van der Waals surface area (Å²) in [7, 11) is 1.32. The Morgan fingerprint density at radius 3 is 2.26 bits per heavy atom. The normalized spacial score (nSPS) is 11.6. The molecule has 0 amide bonds. The van der Waals surface area contributed by atoms with Crippen molar-refractivity contribution in [1.82, 2.24) is 0 Å². The third-order valence-electron chi connectivity index (χ3n) is 3.54. The van der Waals surface area contributed by atoms with E-state index in [9.17, 15) is 9.59 Å². The van der Waals surface area contributed by atoms with Gasteiger partial charge in [-0.05, 0) is 29.8 Å². The van der Waals surface area contributed by atoms with E-state index in [0.717, 1.165) is 5.56 Å². The Morgan fingerprint density at radius 2 is 1.65 bits per heavy atom. The molecule has 2 aromatic rings. The SMILES string of the molecule is COC(=O)CC(C)C(=O)c1ccc(OCc2ccccc2)cc1. The number of carbonyl (C=O) groups is 2. The summed E-state index contributed by atoms with van der Waals surface area (Å²) in [5.41, 5.74) is 1.65. The number of hydrogen-bond acceptors (Lipinski definition) is 4. The van der Waals surface area contributed by atoms with Gasteiger partial charge in [0.2, 0.25) is 0 Å². The van der Waals surface area contributed by atoms with Gasteiger partial charge in [0, 0.05) is 11.5 Å². The molecule has 0 aliphatic rings. The Kier molecular flexibility index (Phi) is 5.92. The van der Waals surface area contributed by atoms with Crippen LogP contribution in [-0.4, -0.2) is 18.9 Å². The first kappa shape index (κ1) is 16.7. The first-order chi connectivity index (χ1) is 11.1. The predicted octanol–water partition coefficient (Wildman–Crippen LogP) is 3.65. The Morgan fingerprint density at radius 1 is 1.00 bits per heavy atom. The standard InChI is InChI=1S/C19H20O4/c1-14(12-18(20)22-2)19(21)16-8-10-17(11-9-16)23-13-15-6-4-3-5-7-15/h3-11,14H,12-13H2,1-2H3. The second kappa shape index (κ2) is 8.13. The van der Waals surface area contributed by atoms with Crippen LogP contribution < -0.4 is 4.74 Å². The lowest BCUT2D eigenvalue weighted by Crippen LogP contribution is -2.16. The number of hydrogen-bond donors (Lipinski definition) is 0. The van der Waals surface area contributed by atoms with Gasteiger partial charge in [0.25, 0.3) is 0 Å². The number of esters is 1. The van der Waals surface area contributed by atoms with Gasteiger partial charge >= 0.3 is 5.97 Å². The smallest absolute Gasteiger partial charge is 0.306 e. The summed E-state index contributed by atoms with van der Waals surface area (Å²) in [6.07, 6.45) is 0.0849. The van der Waals surface area contributed by atoms with Crippen molar-refractivity contribution in [3.8, 4) is 5.75 Å². The number of carbonyl (C=O) groups excluding carboxylic acids is 2. The van der Waals surface area contributed by atoms with E-state index in [1.54, 1.807) is 31.2 Å². The molecule has 23 heavy (non-hydrogen) atoms. The van der Waals surface area contributed by atoms with Crippen LogP contribution in [0.4, 0.5) is 0 Å². The van der Waals surface area contributed by atoms with Gasteiger partial charge in [0.1, 0.15) is 12.4 Å². The largest absolute Gasteiger partial charge is 0.489 e. The molecule has 0 spiro atoms. The summed E-state index contributed by atoms with van der Waals surface area (Å²) in [6.45, 7) is 2.20. The van der Waals surface area contributed by atoms with E-state index in [2.05, 4.69) is 4.74 Å². The molecule has 0 fully saturated rings. The third kappa shape index (κ3) is 4.95. The summed E-state index contributed by atoms with van der Waals surface area (Å²) in [5.74, 6) is -0.164. The fraction of sp³-hybridized carbons (Fsp3) is 0.263. The molecule has 0 aliphatic carbocycles. The van der Waals surface area contributed by atoms with E-state index in [-0.39, 0.29) is 18.2 Å². The lowest BCUT2D eigenvalue weighted by Gasteiger charge is -2.10. The number of methoxy groups -OCH3 is 1. The van der Waals surface area contributed by atoms with Crippen LogP contribution in [0.5, 0.6) is 5.75 Å². The molecule has 0 saturated carbocycles. The van der Waals surface area contributed by atoms with Gasteiger partial charge in [-0.3, -0.25) is 9.59 Å². The summed E-state index contributed by atoms with van der Waals surface area (Å²) in [4.78, 5) is 23.5. The lowest BCUT2D eigenvalue weighted by molar-refractivity contribution is -0.141. The number of benzene rings is 2. The van der Waals surface area contributed by atoms with Crippen LogP contribution in [0.25, 0.3) is 0 Å². The van der Waals surface area contributed by atoms with Crippen LogP contribution in [-0.2, 0) is 16.1 Å². The minimum atomic E-state index is -0.404. The number of ketones is 1. The fourth-order valence-electron chi connectivity index (χ4n) is 2.17. The van der Waals surface area contributed by atoms with Crippen LogP contribution in [0.1, 0.15) is 29.3 Å². The minimum absolute atomic E-state index is 0.0787. The summed E-state index contributed by atoms with van der Waals surface area (Å²) in [6, 6.07) is 16.8. The molecule has 0 aliphatic heterocycles. The van der Waals surface area contributed by atoms with E-state index in [1.165, 1.54) is 7.11 Å². The molecule has 2 aromatic carbocycles. The van der Waals surface area contributed by atoms with Crippen molar-refractivity contribution in [1.29, 1.82) is 0 Å².